The summed E-state index contributed by atoms with van der Waals surface area (Å²) in [4.78, 5) is 0. The lowest BCUT2D eigenvalue weighted by Gasteiger charge is -2.23. The molecule has 1 fully saturated rings. The summed E-state index contributed by atoms with van der Waals surface area (Å²) in [5.74, 6) is 0.969. The van der Waals surface area contributed by atoms with Gasteiger partial charge in [-0.05, 0) is 37.0 Å². The third-order valence-corrected chi connectivity index (χ3v) is 3.13. The van der Waals surface area contributed by atoms with Crippen LogP contribution in [-0.4, -0.2) is 25.9 Å². The summed E-state index contributed by atoms with van der Waals surface area (Å²) in [6.07, 6.45) is 3.42. The lowest BCUT2D eigenvalue weighted by atomic mass is 10.1. The molecule has 0 spiro atoms. The molecule has 1 aromatic rings. The molecule has 1 atom stereocenters. The van der Waals surface area contributed by atoms with Gasteiger partial charge in [0.2, 0.25) is 0 Å². The Morgan fingerprint density at radius 1 is 1.44 bits per heavy atom. The van der Waals surface area contributed by atoms with Gasteiger partial charge in [-0.1, -0.05) is 19.1 Å². The van der Waals surface area contributed by atoms with E-state index in [9.17, 15) is 0 Å². The highest BCUT2D eigenvalue weighted by molar-refractivity contribution is 5.28. The summed E-state index contributed by atoms with van der Waals surface area (Å²) in [6.45, 7) is 5.55. The Balaban J connectivity index is 1.80. The first-order chi connectivity index (χ1) is 8.88. The molecule has 3 heteroatoms. The van der Waals surface area contributed by atoms with E-state index in [1.807, 2.05) is 6.07 Å². The van der Waals surface area contributed by atoms with Gasteiger partial charge in [0.05, 0.1) is 13.2 Å². The van der Waals surface area contributed by atoms with Crippen LogP contribution in [0.4, 0.5) is 0 Å². The molecule has 1 saturated heterocycles. The molecule has 1 N–H and O–H groups in total. The fourth-order valence-corrected chi connectivity index (χ4v) is 2.13. The number of nitrogens with one attached hydrogen (secondary N) is 1. The SMILES string of the molecule is CCCOc1cccc(CNC2CCCOC2)c1. The van der Waals surface area contributed by atoms with Crippen molar-refractivity contribution in [3.05, 3.63) is 29.8 Å². The summed E-state index contributed by atoms with van der Waals surface area (Å²) >= 11 is 0. The second-order valence-corrected chi connectivity index (χ2v) is 4.79. The average molecular weight is 249 g/mol. The number of hydrogen-bond acceptors (Lipinski definition) is 3. The highest BCUT2D eigenvalue weighted by Crippen LogP contribution is 2.14. The summed E-state index contributed by atoms with van der Waals surface area (Å²) in [7, 11) is 0. The van der Waals surface area contributed by atoms with Crippen molar-refractivity contribution >= 4 is 0 Å². The van der Waals surface area contributed by atoms with E-state index in [1.165, 1.54) is 12.0 Å². The van der Waals surface area contributed by atoms with Gasteiger partial charge in [0.15, 0.2) is 0 Å². The van der Waals surface area contributed by atoms with Crippen LogP contribution in [-0.2, 0) is 11.3 Å². The Kier molecular flexibility index (Phi) is 5.49. The number of benzene rings is 1. The van der Waals surface area contributed by atoms with E-state index < -0.39 is 0 Å². The lowest BCUT2D eigenvalue weighted by molar-refractivity contribution is 0.0699. The first-order valence-corrected chi connectivity index (χ1v) is 6.91. The van der Waals surface area contributed by atoms with Gasteiger partial charge in [0.1, 0.15) is 5.75 Å². The maximum Gasteiger partial charge on any atom is 0.119 e. The normalized spacial score (nSPS) is 19.7. The van der Waals surface area contributed by atoms with Gasteiger partial charge in [-0.15, -0.1) is 0 Å². The first kappa shape index (κ1) is 13.4. The first-order valence-electron chi connectivity index (χ1n) is 6.91. The van der Waals surface area contributed by atoms with Crippen molar-refractivity contribution in [1.82, 2.24) is 5.32 Å². The summed E-state index contributed by atoms with van der Waals surface area (Å²) in [6, 6.07) is 8.82. The van der Waals surface area contributed by atoms with E-state index in [0.29, 0.717) is 6.04 Å². The van der Waals surface area contributed by atoms with E-state index in [2.05, 4.69) is 30.4 Å². The van der Waals surface area contributed by atoms with Crippen molar-refractivity contribution in [2.24, 2.45) is 0 Å². The molecule has 1 heterocycles. The molecule has 2 rings (SSSR count). The molecule has 18 heavy (non-hydrogen) atoms. The minimum atomic E-state index is 0.499. The summed E-state index contributed by atoms with van der Waals surface area (Å²) < 4.78 is 11.1. The van der Waals surface area contributed by atoms with Crippen molar-refractivity contribution in [3.63, 3.8) is 0 Å². The smallest absolute Gasteiger partial charge is 0.119 e. The van der Waals surface area contributed by atoms with Crippen LogP contribution in [0.5, 0.6) is 5.75 Å². The Hall–Kier alpha value is -1.06. The topological polar surface area (TPSA) is 30.5 Å². The molecule has 0 radical (unpaired) electrons. The Morgan fingerprint density at radius 2 is 2.39 bits per heavy atom. The van der Waals surface area contributed by atoms with Gasteiger partial charge in [0.25, 0.3) is 0 Å². The van der Waals surface area contributed by atoms with Crippen molar-refractivity contribution < 1.29 is 9.47 Å². The van der Waals surface area contributed by atoms with Gasteiger partial charge in [-0.3, -0.25) is 0 Å². The van der Waals surface area contributed by atoms with Crippen LogP contribution < -0.4 is 10.1 Å². The predicted octanol–water partition coefficient (Wildman–Crippen LogP) is 2.74. The molecule has 3 nitrogen and oxygen atoms in total. The number of hydrogen-bond donors (Lipinski definition) is 1. The minimum absolute atomic E-state index is 0.499. The van der Waals surface area contributed by atoms with Gasteiger partial charge in [0, 0.05) is 19.2 Å². The van der Waals surface area contributed by atoms with Crippen molar-refractivity contribution in [2.75, 3.05) is 19.8 Å². The van der Waals surface area contributed by atoms with Crippen molar-refractivity contribution in [3.8, 4) is 5.75 Å². The van der Waals surface area contributed by atoms with Crippen LogP contribution in [0.15, 0.2) is 24.3 Å². The molecule has 0 aliphatic carbocycles. The lowest BCUT2D eigenvalue weighted by Crippen LogP contribution is -2.36. The van der Waals surface area contributed by atoms with Crippen LogP contribution in [0.3, 0.4) is 0 Å². The molecule has 1 aromatic carbocycles. The highest BCUT2D eigenvalue weighted by Gasteiger charge is 2.12. The fourth-order valence-electron chi connectivity index (χ4n) is 2.13. The van der Waals surface area contributed by atoms with E-state index >= 15 is 0 Å². The third kappa shape index (κ3) is 4.31. The Morgan fingerprint density at radius 3 is 3.17 bits per heavy atom. The molecule has 0 aromatic heterocycles. The summed E-state index contributed by atoms with van der Waals surface area (Å²) in [5, 5.41) is 3.54. The fraction of sp³-hybridized carbons (Fsp3) is 0.600. The predicted molar refractivity (Wildman–Crippen MR) is 72.9 cm³/mol. The molecule has 1 aliphatic rings. The van der Waals surface area contributed by atoms with Crippen LogP contribution in [0.1, 0.15) is 31.7 Å². The quantitative estimate of drug-likeness (QED) is 0.841. The Labute approximate surface area is 109 Å². The third-order valence-electron chi connectivity index (χ3n) is 3.13. The zero-order chi connectivity index (χ0) is 12.6. The van der Waals surface area contributed by atoms with Crippen LogP contribution in [0.25, 0.3) is 0 Å². The molecule has 1 aliphatic heterocycles. The second-order valence-electron chi connectivity index (χ2n) is 4.79. The second kappa shape index (κ2) is 7.39. The number of rotatable bonds is 6. The summed E-state index contributed by atoms with van der Waals surface area (Å²) in [5.41, 5.74) is 1.27. The minimum Gasteiger partial charge on any atom is -0.494 e. The average Bonchev–Trinajstić information content (AvgIpc) is 2.44. The van der Waals surface area contributed by atoms with Crippen molar-refractivity contribution in [2.45, 2.75) is 38.8 Å². The maximum atomic E-state index is 5.64. The standard InChI is InChI=1S/C15H23NO2/c1-2-8-18-15-7-3-5-13(10-15)11-16-14-6-4-9-17-12-14/h3,5,7,10,14,16H,2,4,6,8-9,11-12H2,1H3. The maximum absolute atomic E-state index is 5.64. The van der Waals surface area contributed by atoms with Gasteiger partial charge in [-0.25, -0.2) is 0 Å². The zero-order valence-corrected chi connectivity index (χ0v) is 11.2. The van der Waals surface area contributed by atoms with Gasteiger partial charge >= 0.3 is 0 Å². The van der Waals surface area contributed by atoms with E-state index in [4.69, 9.17) is 9.47 Å². The number of ether oxygens (including phenoxy) is 2. The zero-order valence-electron chi connectivity index (χ0n) is 11.2. The van der Waals surface area contributed by atoms with E-state index in [-0.39, 0.29) is 0 Å². The van der Waals surface area contributed by atoms with Crippen LogP contribution >= 0.6 is 0 Å². The molecular formula is C15H23NO2. The van der Waals surface area contributed by atoms with Gasteiger partial charge < -0.3 is 14.8 Å². The van der Waals surface area contributed by atoms with Crippen LogP contribution in [0, 0.1) is 0 Å². The highest BCUT2D eigenvalue weighted by atomic mass is 16.5. The largest absolute Gasteiger partial charge is 0.494 e. The van der Waals surface area contributed by atoms with E-state index in [0.717, 1.165) is 45.0 Å². The monoisotopic (exact) mass is 249 g/mol. The molecule has 1 unspecified atom stereocenters. The molecular weight excluding hydrogens is 226 g/mol. The molecule has 100 valence electrons. The van der Waals surface area contributed by atoms with Crippen molar-refractivity contribution in [1.29, 1.82) is 0 Å². The van der Waals surface area contributed by atoms with E-state index in [1.54, 1.807) is 0 Å². The molecule has 0 amide bonds. The molecule has 0 saturated carbocycles. The molecule has 0 bridgehead atoms. The Bertz CT molecular complexity index is 348. The van der Waals surface area contributed by atoms with Gasteiger partial charge in [-0.2, -0.15) is 0 Å². The van der Waals surface area contributed by atoms with Crippen LogP contribution in [0.2, 0.25) is 0 Å².